The highest BCUT2D eigenvalue weighted by Gasteiger charge is 2.18. The SMILES string of the molecule is CCSN(C)c1ccc2c(c1)nc(NC(=O)c1ccc(-c3cnco3)s1)n2CCc1cccnc1. The molecule has 10 heteroatoms. The van der Waals surface area contributed by atoms with Crippen molar-refractivity contribution in [2.24, 2.45) is 0 Å². The minimum Gasteiger partial charge on any atom is -0.443 e. The highest BCUT2D eigenvalue weighted by Crippen LogP contribution is 2.30. The Labute approximate surface area is 211 Å². The molecule has 4 heterocycles. The second-order valence-corrected chi connectivity index (χ2v) is 10.2. The van der Waals surface area contributed by atoms with Crippen LogP contribution in [0.15, 0.2) is 71.9 Å². The topological polar surface area (TPSA) is 89.1 Å². The van der Waals surface area contributed by atoms with Crippen molar-refractivity contribution in [2.45, 2.75) is 19.9 Å². The van der Waals surface area contributed by atoms with Gasteiger partial charge in [-0.15, -0.1) is 11.3 Å². The molecule has 0 aliphatic heterocycles. The lowest BCUT2D eigenvalue weighted by atomic mass is 10.2. The van der Waals surface area contributed by atoms with E-state index in [0.717, 1.165) is 39.3 Å². The molecule has 1 N–H and O–H groups in total. The van der Waals surface area contributed by atoms with Crippen molar-refractivity contribution < 1.29 is 9.21 Å². The molecular weight excluding hydrogens is 480 g/mol. The largest absolute Gasteiger partial charge is 0.443 e. The van der Waals surface area contributed by atoms with Crippen LogP contribution in [0.3, 0.4) is 0 Å². The van der Waals surface area contributed by atoms with Gasteiger partial charge in [0.05, 0.1) is 27.0 Å². The van der Waals surface area contributed by atoms with E-state index in [1.807, 2.05) is 25.4 Å². The van der Waals surface area contributed by atoms with E-state index in [-0.39, 0.29) is 5.91 Å². The number of aromatic nitrogens is 4. The maximum atomic E-state index is 13.1. The Hall–Kier alpha value is -3.63. The van der Waals surface area contributed by atoms with Crippen LogP contribution in [-0.2, 0) is 13.0 Å². The molecule has 5 aromatic rings. The van der Waals surface area contributed by atoms with Crippen molar-refractivity contribution in [3.8, 4) is 10.6 Å². The van der Waals surface area contributed by atoms with E-state index in [2.05, 4.69) is 55.3 Å². The summed E-state index contributed by atoms with van der Waals surface area (Å²) in [6.07, 6.45) is 7.41. The van der Waals surface area contributed by atoms with Crippen LogP contribution in [0, 0.1) is 0 Å². The number of imidazole rings is 1. The molecule has 5 rings (SSSR count). The summed E-state index contributed by atoms with van der Waals surface area (Å²) in [5.74, 6) is 1.93. The molecule has 1 aromatic carbocycles. The third-order valence-corrected chi connectivity index (χ3v) is 7.45. The quantitative estimate of drug-likeness (QED) is 0.256. The van der Waals surface area contributed by atoms with E-state index in [4.69, 9.17) is 9.40 Å². The van der Waals surface area contributed by atoms with E-state index in [1.165, 1.54) is 17.7 Å². The van der Waals surface area contributed by atoms with Crippen molar-refractivity contribution in [3.63, 3.8) is 0 Å². The third kappa shape index (κ3) is 5.08. The van der Waals surface area contributed by atoms with Crippen LogP contribution in [0.5, 0.6) is 0 Å². The first kappa shape index (κ1) is 23.1. The predicted octanol–water partition coefficient (Wildman–Crippen LogP) is 5.75. The van der Waals surface area contributed by atoms with Crippen LogP contribution >= 0.6 is 23.3 Å². The number of pyridine rings is 1. The van der Waals surface area contributed by atoms with Gasteiger partial charge in [-0.05, 0) is 48.4 Å². The van der Waals surface area contributed by atoms with E-state index in [1.54, 1.807) is 30.4 Å². The van der Waals surface area contributed by atoms with Gasteiger partial charge in [-0.3, -0.25) is 15.1 Å². The van der Waals surface area contributed by atoms with Crippen LogP contribution in [-0.4, -0.2) is 38.2 Å². The number of nitrogens with zero attached hydrogens (tertiary/aromatic N) is 5. The summed E-state index contributed by atoms with van der Waals surface area (Å²) in [6.45, 7) is 2.78. The summed E-state index contributed by atoms with van der Waals surface area (Å²) in [7, 11) is 2.04. The van der Waals surface area contributed by atoms with Gasteiger partial charge in [0.15, 0.2) is 12.2 Å². The maximum absolute atomic E-state index is 13.1. The molecule has 0 fully saturated rings. The van der Waals surface area contributed by atoms with Crippen LogP contribution < -0.4 is 9.62 Å². The number of rotatable bonds is 9. The van der Waals surface area contributed by atoms with Gasteiger partial charge in [-0.25, -0.2) is 9.97 Å². The number of anilines is 2. The van der Waals surface area contributed by atoms with Gasteiger partial charge in [0.25, 0.3) is 5.91 Å². The number of hydrogen-bond acceptors (Lipinski definition) is 8. The first-order valence-corrected chi connectivity index (χ1v) is 12.9. The predicted molar refractivity (Wildman–Crippen MR) is 142 cm³/mol. The van der Waals surface area contributed by atoms with Gasteiger partial charge in [-0.1, -0.05) is 24.9 Å². The summed E-state index contributed by atoms with van der Waals surface area (Å²) in [4.78, 5) is 27.5. The lowest BCUT2D eigenvalue weighted by Crippen LogP contribution is -2.15. The Kier molecular flexibility index (Phi) is 6.82. The van der Waals surface area contributed by atoms with Crippen molar-refractivity contribution in [3.05, 3.63) is 77.9 Å². The molecule has 8 nitrogen and oxygen atoms in total. The molecule has 0 unspecified atom stereocenters. The number of amides is 1. The summed E-state index contributed by atoms with van der Waals surface area (Å²) >= 11 is 3.08. The van der Waals surface area contributed by atoms with E-state index < -0.39 is 0 Å². The second kappa shape index (κ2) is 10.3. The average Bonchev–Trinajstić information content (AvgIpc) is 3.63. The van der Waals surface area contributed by atoms with E-state index >= 15 is 0 Å². The zero-order valence-corrected chi connectivity index (χ0v) is 21.0. The standard InChI is InChI=1S/C25H24N6O2S2/c1-3-34-30(2)18-6-7-20-19(13-18)28-25(31(20)12-10-17-5-4-11-26-14-17)29-24(32)23-9-8-22(35-23)21-15-27-16-33-21/h4-9,11,13-16H,3,10,12H2,1-2H3,(H,28,29,32). The number of carbonyl (C=O) groups is 1. The van der Waals surface area contributed by atoms with Crippen LogP contribution in [0.1, 0.15) is 22.2 Å². The number of aryl methyl sites for hydroxylation is 2. The van der Waals surface area contributed by atoms with Crippen LogP contribution in [0.4, 0.5) is 11.6 Å². The maximum Gasteiger partial charge on any atom is 0.268 e. The van der Waals surface area contributed by atoms with Crippen LogP contribution in [0.2, 0.25) is 0 Å². The van der Waals surface area contributed by atoms with Gasteiger partial charge in [0, 0.05) is 37.4 Å². The van der Waals surface area contributed by atoms with Gasteiger partial charge in [0.2, 0.25) is 5.95 Å². The minimum absolute atomic E-state index is 0.211. The zero-order chi connectivity index (χ0) is 24.2. The fourth-order valence-corrected chi connectivity index (χ4v) is 5.29. The van der Waals surface area contributed by atoms with Crippen molar-refractivity contribution >= 4 is 51.9 Å². The number of benzene rings is 1. The first-order chi connectivity index (χ1) is 17.1. The average molecular weight is 505 g/mol. The molecular formula is C25H24N6O2S2. The number of nitrogens with one attached hydrogen (secondary N) is 1. The number of carbonyl (C=O) groups excluding carboxylic acids is 1. The Balaban J connectivity index is 1.45. The molecule has 0 bridgehead atoms. The van der Waals surface area contributed by atoms with Crippen molar-refractivity contribution in [1.29, 1.82) is 0 Å². The monoisotopic (exact) mass is 504 g/mol. The Morgan fingerprint density at radius 2 is 2.11 bits per heavy atom. The lowest BCUT2D eigenvalue weighted by Gasteiger charge is -2.16. The Morgan fingerprint density at radius 1 is 1.20 bits per heavy atom. The third-order valence-electron chi connectivity index (χ3n) is 5.50. The number of fused-ring (bicyclic) bond motifs is 1. The van der Waals surface area contributed by atoms with Gasteiger partial charge < -0.3 is 13.3 Å². The molecule has 0 aliphatic carbocycles. The smallest absolute Gasteiger partial charge is 0.268 e. The van der Waals surface area contributed by atoms with Gasteiger partial charge >= 0.3 is 0 Å². The molecule has 0 radical (unpaired) electrons. The van der Waals surface area contributed by atoms with Crippen molar-refractivity contribution in [2.75, 3.05) is 22.4 Å². The second-order valence-electron chi connectivity index (χ2n) is 7.77. The van der Waals surface area contributed by atoms with E-state index in [0.29, 0.717) is 23.1 Å². The van der Waals surface area contributed by atoms with E-state index in [9.17, 15) is 4.79 Å². The Morgan fingerprint density at radius 3 is 2.89 bits per heavy atom. The molecule has 0 saturated heterocycles. The molecule has 4 aromatic heterocycles. The molecule has 35 heavy (non-hydrogen) atoms. The summed E-state index contributed by atoms with van der Waals surface area (Å²) in [5, 5.41) is 3.03. The molecule has 0 spiro atoms. The molecule has 0 atom stereocenters. The highest BCUT2D eigenvalue weighted by molar-refractivity contribution is 8.00. The Bertz CT molecular complexity index is 1430. The van der Waals surface area contributed by atoms with Crippen molar-refractivity contribution in [1.82, 2.24) is 19.5 Å². The number of thiophene rings is 1. The highest BCUT2D eigenvalue weighted by atomic mass is 32.2. The molecule has 0 saturated carbocycles. The fraction of sp³-hybridized carbons (Fsp3) is 0.200. The molecule has 1 amide bonds. The minimum atomic E-state index is -0.211. The van der Waals surface area contributed by atoms with Gasteiger partial charge in [-0.2, -0.15) is 0 Å². The summed E-state index contributed by atoms with van der Waals surface area (Å²) in [5.41, 5.74) is 3.99. The number of hydrogen-bond donors (Lipinski definition) is 1. The molecule has 178 valence electrons. The summed E-state index contributed by atoms with van der Waals surface area (Å²) in [6, 6.07) is 13.8. The normalized spacial score (nSPS) is 11.1. The lowest BCUT2D eigenvalue weighted by molar-refractivity contribution is 0.102. The molecule has 0 aliphatic rings. The number of oxazole rings is 1. The fourth-order valence-electron chi connectivity index (χ4n) is 3.78. The zero-order valence-electron chi connectivity index (χ0n) is 19.3. The first-order valence-electron chi connectivity index (χ1n) is 11.2. The van der Waals surface area contributed by atoms with Crippen LogP contribution in [0.25, 0.3) is 21.7 Å². The summed E-state index contributed by atoms with van der Waals surface area (Å²) < 4.78 is 9.54. The van der Waals surface area contributed by atoms with Gasteiger partial charge in [0.1, 0.15) is 0 Å².